The molecular formula is C18H24O2. The maximum Gasteiger partial charge on any atom is 0.115 e. The van der Waals surface area contributed by atoms with Gasteiger partial charge in [-0.05, 0) is 85.0 Å². The van der Waals surface area contributed by atoms with Gasteiger partial charge in [0.2, 0.25) is 0 Å². The van der Waals surface area contributed by atoms with Gasteiger partial charge in [0, 0.05) is 0 Å². The van der Waals surface area contributed by atoms with Gasteiger partial charge in [-0.3, -0.25) is 0 Å². The molecule has 20 heavy (non-hydrogen) atoms. The molecule has 0 aliphatic heterocycles. The van der Waals surface area contributed by atoms with Crippen LogP contribution >= 0.6 is 0 Å². The molecule has 1 aromatic carbocycles. The molecule has 2 fully saturated rings. The number of benzene rings is 1. The molecule has 4 rings (SSSR count). The van der Waals surface area contributed by atoms with Gasteiger partial charge in [0.25, 0.3) is 0 Å². The molecule has 5 atom stereocenters. The fourth-order valence-corrected chi connectivity index (χ4v) is 5.54. The molecule has 108 valence electrons. The third-order valence-corrected chi connectivity index (χ3v) is 6.66. The number of fused-ring (bicyclic) bond motifs is 5. The Kier molecular flexibility index (Phi) is 2.69. The SMILES string of the molecule is C[C@]12CCC3c4ccc(O)cc4CCC3C1CC[C@H]2O. The van der Waals surface area contributed by atoms with Gasteiger partial charge >= 0.3 is 0 Å². The Labute approximate surface area is 120 Å². The first-order valence-corrected chi connectivity index (χ1v) is 8.09. The normalized spacial score (nSPS) is 42.7. The van der Waals surface area contributed by atoms with Crippen molar-refractivity contribution in [1.29, 1.82) is 0 Å². The molecule has 3 aliphatic carbocycles. The molecule has 0 heterocycles. The number of aliphatic hydroxyl groups excluding tert-OH is 1. The summed E-state index contributed by atoms with van der Waals surface area (Å²) in [4.78, 5) is 0. The highest BCUT2D eigenvalue weighted by atomic mass is 16.3. The van der Waals surface area contributed by atoms with Crippen molar-refractivity contribution >= 4 is 0 Å². The molecule has 0 saturated heterocycles. The van der Waals surface area contributed by atoms with Crippen LogP contribution in [0.2, 0.25) is 0 Å². The van der Waals surface area contributed by atoms with E-state index in [1.165, 1.54) is 30.4 Å². The van der Waals surface area contributed by atoms with Gasteiger partial charge in [-0.25, -0.2) is 0 Å². The zero-order valence-electron chi connectivity index (χ0n) is 12.2. The monoisotopic (exact) mass is 272 g/mol. The maximum atomic E-state index is 10.4. The Morgan fingerprint density at radius 2 is 2.00 bits per heavy atom. The van der Waals surface area contributed by atoms with Gasteiger partial charge in [-0.1, -0.05) is 13.0 Å². The number of rotatable bonds is 0. The van der Waals surface area contributed by atoms with E-state index in [4.69, 9.17) is 0 Å². The Morgan fingerprint density at radius 1 is 1.15 bits per heavy atom. The Balaban J connectivity index is 1.71. The minimum absolute atomic E-state index is 0.0883. The summed E-state index contributed by atoms with van der Waals surface area (Å²) in [6.07, 6.45) is 6.78. The fourth-order valence-electron chi connectivity index (χ4n) is 5.54. The van der Waals surface area contributed by atoms with Gasteiger partial charge in [0.1, 0.15) is 5.75 Å². The van der Waals surface area contributed by atoms with Crippen molar-refractivity contribution in [3.8, 4) is 5.75 Å². The second kappa shape index (κ2) is 4.24. The van der Waals surface area contributed by atoms with Crippen LogP contribution in [0.4, 0.5) is 0 Å². The lowest BCUT2D eigenvalue weighted by atomic mass is 9.55. The number of aryl methyl sites for hydroxylation is 1. The minimum atomic E-state index is -0.0883. The van der Waals surface area contributed by atoms with Crippen LogP contribution in [0, 0.1) is 17.3 Å². The van der Waals surface area contributed by atoms with E-state index < -0.39 is 0 Å². The number of aliphatic hydroxyl groups is 1. The van der Waals surface area contributed by atoms with Gasteiger partial charge in [-0.15, -0.1) is 0 Å². The number of phenols is 1. The average molecular weight is 272 g/mol. The standard InChI is InChI=1S/C18H24O2/c1-18-9-8-14-13-5-3-12(19)10-11(13)2-4-15(14)16(18)6-7-17(18)20/h3,5,10,14-17,19-20H,2,4,6-9H2,1H3/t14?,15?,16?,17-,18+/m1/s1. The largest absolute Gasteiger partial charge is 0.508 e. The quantitative estimate of drug-likeness (QED) is 0.757. The summed E-state index contributed by atoms with van der Waals surface area (Å²) in [6, 6.07) is 5.96. The molecule has 0 radical (unpaired) electrons. The lowest BCUT2D eigenvalue weighted by Crippen LogP contribution is -2.43. The van der Waals surface area contributed by atoms with Crippen LogP contribution in [0.25, 0.3) is 0 Å². The van der Waals surface area contributed by atoms with Crippen LogP contribution in [0.3, 0.4) is 0 Å². The maximum absolute atomic E-state index is 10.4. The first kappa shape index (κ1) is 12.7. The van der Waals surface area contributed by atoms with E-state index in [1.54, 1.807) is 0 Å². The zero-order chi connectivity index (χ0) is 13.9. The van der Waals surface area contributed by atoms with E-state index in [0.29, 0.717) is 17.6 Å². The molecule has 0 aromatic heterocycles. The Morgan fingerprint density at radius 3 is 2.85 bits per heavy atom. The van der Waals surface area contributed by atoms with Crippen LogP contribution in [-0.4, -0.2) is 16.3 Å². The zero-order valence-corrected chi connectivity index (χ0v) is 12.2. The van der Waals surface area contributed by atoms with Gasteiger partial charge < -0.3 is 10.2 Å². The molecular weight excluding hydrogens is 248 g/mol. The van der Waals surface area contributed by atoms with Crippen molar-refractivity contribution in [2.24, 2.45) is 17.3 Å². The minimum Gasteiger partial charge on any atom is -0.508 e. The van der Waals surface area contributed by atoms with E-state index in [-0.39, 0.29) is 11.5 Å². The van der Waals surface area contributed by atoms with Crippen molar-refractivity contribution in [2.75, 3.05) is 0 Å². The molecule has 2 nitrogen and oxygen atoms in total. The lowest BCUT2D eigenvalue weighted by Gasteiger charge is -2.50. The van der Waals surface area contributed by atoms with Gasteiger partial charge in [0.05, 0.1) is 6.10 Å². The van der Waals surface area contributed by atoms with Crippen LogP contribution in [0.1, 0.15) is 56.1 Å². The van der Waals surface area contributed by atoms with Crippen molar-refractivity contribution in [3.63, 3.8) is 0 Å². The van der Waals surface area contributed by atoms with E-state index in [2.05, 4.69) is 13.0 Å². The summed E-state index contributed by atoms with van der Waals surface area (Å²) in [5.41, 5.74) is 2.99. The third-order valence-electron chi connectivity index (χ3n) is 6.66. The number of phenolic OH excluding ortho intramolecular Hbond substituents is 1. The summed E-state index contributed by atoms with van der Waals surface area (Å²) in [5, 5.41) is 20.0. The summed E-state index contributed by atoms with van der Waals surface area (Å²) in [6.45, 7) is 2.32. The third kappa shape index (κ3) is 1.60. The van der Waals surface area contributed by atoms with Gasteiger partial charge in [0.15, 0.2) is 0 Å². The number of hydrogen-bond acceptors (Lipinski definition) is 2. The molecule has 3 unspecified atom stereocenters. The second-order valence-electron chi connectivity index (χ2n) is 7.44. The summed E-state index contributed by atoms with van der Waals surface area (Å²) < 4.78 is 0. The molecule has 0 bridgehead atoms. The lowest BCUT2D eigenvalue weighted by molar-refractivity contribution is -0.0226. The highest BCUT2D eigenvalue weighted by Crippen LogP contribution is 2.60. The Hall–Kier alpha value is -1.02. The topological polar surface area (TPSA) is 40.5 Å². The van der Waals surface area contributed by atoms with Crippen LogP contribution < -0.4 is 0 Å². The molecule has 2 N–H and O–H groups in total. The highest BCUT2D eigenvalue weighted by Gasteiger charge is 2.54. The molecule has 0 spiro atoms. The molecule has 2 saturated carbocycles. The van der Waals surface area contributed by atoms with Crippen LogP contribution in [0.15, 0.2) is 18.2 Å². The smallest absolute Gasteiger partial charge is 0.115 e. The Bertz CT molecular complexity index is 538. The summed E-state index contributed by atoms with van der Waals surface area (Å²) in [7, 11) is 0. The van der Waals surface area contributed by atoms with E-state index in [0.717, 1.165) is 25.2 Å². The van der Waals surface area contributed by atoms with Crippen molar-refractivity contribution < 1.29 is 10.2 Å². The van der Waals surface area contributed by atoms with E-state index >= 15 is 0 Å². The first-order chi connectivity index (χ1) is 9.59. The summed E-state index contributed by atoms with van der Waals surface area (Å²) in [5.74, 6) is 2.49. The molecule has 2 heteroatoms. The predicted molar refractivity (Wildman–Crippen MR) is 78.7 cm³/mol. The summed E-state index contributed by atoms with van der Waals surface area (Å²) >= 11 is 0. The van der Waals surface area contributed by atoms with Crippen molar-refractivity contribution in [2.45, 2.75) is 57.5 Å². The molecule has 1 aromatic rings. The van der Waals surface area contributed by atoms with Crippen LogP contribution in [-0.2, 0) is 6.42 Å². The number of aromatic hydroxyl groups is 1. The van der Waals surface area contributed by atoms with Crippen LogP contribution in [0.5, 0.6) is 5.75 Å². The fraction of sp³-hybridized carbons (Fsp3) is 0.667. The molecule has 0 amide bonds. The number of hydrogen-bond donors (Lipinski definition) is 2. The first-order valence-electron chi connectivity index (χ1n) is 8.09. The molecule has 3 aliphatic rings. The van der Waals surface area contributed by atoms with Crippen molar-refractivity contribution in [3.05, 3.63) is 29.3 Å². The predicted octanol–water partition coefficient (Wildman–Crippen LogP) is 3.61. The van der Waals surface area contributed by atoms with Crippen molar-refractivity contribution in [1.82, 2.24) is 0 Å². The van der Waals surface area contributed by atoms with E-state index in [9.17, 15) is 10.2 Å². The highest BCUT2D eigenvalue weighted by molar-refractivity contribution is 5.40. The van der Waals surface area contributed by atoms with Gasteiger partial charge in [-0.2, -0.15) is 0 Å². The second-order valence-corrected chi connectivity index (χ2v) is 7.44. The average Bonchev–Trinajstić information content (AvgIpc) is 2.74. The van der Waals surface area contributed by atoms with E-state index in [1.807, 2.05) is 12.1 Å².